The molecular weight excluding hydrogens is 350 g/mol. The van der Waals surface area contributed by atoms with Crippen LogP contribution >= 0.6 is 0 Å². The van der Waals surface area contributed by atoms with Crippen molar-refractivity contribution in [3.8, 4) is 0 Å². The summed E-state index contributed by atoms with van der Waals surface area (Å²) < 4.78 is 0. The number of nitrogens with one attached hydrogen (secondary N) is 1. The highest BCUT2D eigenvalue weighted by Gasteiger charge is 2.05. The van der Waals surface area contributed by atoms with E-state index in [2.05, 4.69) is 12.2 Å². The molecule has 2 N–H and O–H groups in total. The number of carbonyl (C=O) groups excluding carboxylic acids is 2. The molecule has 0 fully saturated rings. The monoisotopic (exact) mass is 397 g/mol. The predicted molar refractivity (Wildman–Crippen MR) is 118 cm³/mol. The van der Waals surface area contributed by atoms with Gasteiger partial charge < -0.3 is 5.11 Å². The molecule has 0 heterocycles. The van der Waals surface area contributed by atoms with Crippen LogP contribution in [0.25, 0.3) is 0 Å². The minimum atomic E-state index is -0.620. The Hall–Kier alpha value is -0.900. The van der Waals surface area contributed by atoms with Crippen LogP contribution in [0.15, 0.2) is 0 Å². The van der Waals surface area contributed by atoms with Gasteiger partial charge in [-0.25, -0.2) is 0 Å². The molecule has 4 heteroatoms. The number of aliphatic hydroxyl groups excluding tert-OH is 1. The topological polar surface area (TPSA) is 66.4 Å². The van der Waals surface area contributed by atoms with E-state index in [-0.39, 0.29) is 5.91 Å². The second kappa shape index (κ2) is 22.4. The molecule has 0 atom stereocenters. The molecule has 0 aromatic carbocycles. The number of amides is 2. The third-order valence-electron chi connectivity index (χ3n) is 5.43. The molecule has 0 spiro atoms. The van der Waals surface area contributed by atoms with E-state index in [0.29, 0.717) is 6.42 Å². The summed E-state index contributed by atoms with van der Waals surface area (Å²) in [5.41, 5.74) is 0. The van der Waals surface area contributed by atoms with E-state index < -0.39 is 12.5 Å². The maximum Gasteiger partial charge on any atom is 0.252 e. The second-order valence-electron chi connectivity index (χ2n) is 8.24. The Bertz CT molecular complexity index is 358. The first-order valence-corrected chi connectivity index (χ1v) is 12.1. The van der Waals surface area contributed by atoms with Gasteiger partial charge in [0.1, 0.15) is 6.61 Å². The normalized spacial score (nSPS) is 10.9. The fourth-order valence-electron chi connectivity index (χ4n) is 3.62. The number of hydrogen-bond acceptors (Lipinski definition) is 3. The van der Waals surface area contributed by atoms with Crippen LogP contribution in [0.4, 0.5) is 0 Å². The minimum absolute atomic E-state index is 0.272. The molecule has 0 bridgehead atoms. The van der Waals surface area contributed by atoms with Crippen molar-refractivity contribution in [3.63, 3.8) is 0 Å². The molecule has 0 aromatic heterocycles. The van der Waals surface area contributed by atoms with Crippen LogP contribution in [0.5, 0.6) is 0 Å². The molecule has 0 aliphatic rings. The number of carbonyl (C=O) groups is 2. The van der Waals surface area contributed by atoms with Gasteiger partial charge in [0.25, 0.3) is 5.91 Å². The Morgan fingerprint density at radius 1 is 0.536 bits per heavy atom. The molecule has 0 unspecified atom stereocenters. The molecule has 28 heavy (non-hydrogen) atoms. The van der Waals surface area contributed by atoms with E-state index in [4.69, 9.17) is 5.11 Å². The zero-order valence-corrected chi connectivity index (χ0v) is 18.6. The molecule has 0 saturated carbocycles. The van der Waals surface area contributed by atoms with Gasteiger partial charge in [0.05, 0.1) is 0 Å². The molecule has 0 saturated heterocycles. The lowest BCUT2D eigenvalue weighted by Gasteiger charge is -2.04. The van der Waals surface area contributed by atoms with Crippen LogP contribution in [-0.4, -0.2) is 23.5 Å². The number of hydrogen-bond donors (Lipinski definition) is 2. The van der Waals surface area contributed by atoms with Gasteiger partial charge in [-0.1, -0.05) is 122 Å². The largest absolute Gasteiger partial charge is 0.387 e. The minimum Gasteiger partial charge on any atom is -0.387 e. The lowest BCUT2D eigenvalue weighted by molar-refractivity contribution is -0.132. The van der Waals surface area contributed by atoms with Crippen molar-refractivity contribution in [3.05, 3.63) is 0 Å². The molecule has 0 radical (unpaired) electrons. The van der Waals surface area contributed by atoms with Gasteiger partial charge in [0.15, 0.2) is 0 Å². The number of rotatable bonds is 21. The van der Waals surface area contributed by atoms with Crippen LogP contribution in [0, 0.1) is 0 Å². The third-order valence-corrected chi connectivity index (χ3v) is 5.43. The maximum atomic E-state index is 11.4. The highest BCUT2D eigenvalue weighted by atomic mass is 16.3. The van der Waals surface area contributed by atoms with Gasteiger partial charge >= 0.3 is 0 Å². The summed E-state index contributed by atoms with van der Waals surface area (Å²) in [6.07, 6.45) is 25.7. The Kier molecular flexibility index (Phi) is 21.7. The van der Waals surface area contributed by atoms with E-state index in [9.17, 15) is 9.59 Å². The van der Waals surface area contributed by atoms with E-state index in [0.717, 1.165) is 12.8 Å². The maximum absolute atomic E-state index is 11.4. The predicted octanol–water partition coefficient (Wildman–Crippen LogP) is 6.44. The second-order valence-corrected chi connectivity index (χ2v) is 8.24. The van der Waals surface area contributed by atoms with Gasteiger partial charge in [0, 0.05) is 6.42 Å². The Balaban J connectivity index is 3.10. The quantitative estimate of drug-likeness (QED) is 0.219. The fraction of sp³-hybridized carbons (Fsp3) is 0.917. The molecule has 0 aromatic rings. The zero-order valence-electron chi connectivity index (χ0n) is 18.6. The van der Waals surface area contributed by atoms with Gasteiger partial charge in [-0.05, 0) is 6.42 Å². The summed E-state index contributed by atoms with van der Waals surface area (Å²) in [5.74, 6) is -0.881. The average molecular weight is 398 g/mol. The Morgan fingerprint density at radius 3 is 1.18 bits per heavy atom. The lowest BCUT2D eigenvalue weighted by Crippen LogP contribution is -2.32. The molecule has 166 valence electrons. The first-order valence-electron chi connectivity index (χ1n) is 12.1. The van der Waals surface area contributed by atoms with E-state index in [1.807, 2.05) is 0 Å². The highest BCUT2D eigenvalue weighted by Crippen LogP contribution is 2.14. The molecular formula is C24H47NO3. The molecule has 0 rings (SSSR count). The zero-order chi connectivity index (χ0) is 20.7. The van der Waals surface area contributed by atoms with Crippen molar-refractivity contribution in [2.75, 3.05) is 6.61 Å². The van der Waals surface area contributed by atoms with Crippen molar-refractivity contribution in [2.45, 2.75) is 135 Å². The van der Waals surface area contributed by atoms with Gasteiger partial charge in [-0.3, -0.25) is 14.9 Å². The summed E-state index contributed by atoms with van der Waals surface area (Å²) in [4.78, 5) is 22.2. The number of unbranched alkanes of at least 4 members (excludes halogenated alkanes) is 18. The standard InChI is InChI=1S/C24H47NO3/c1-2-3-4-5-6-7-8-9-10-11-12-13-14-15-16-17-18-19-20-21-23(27)25-24(28)22-26/h26H,2-22H2,1H3,(H,25,27,28). The molecule has 4 nitrogen and oxygen atoms in total. The summed E-state index contributed by atoms with van der Waals surface area (Å²) in [6, 6.07) is 0. The fourth-order valence-corrected chi connectivity index (χ4v) is 3.62. The summed E-state index contributed by atoms with van der Waals surface area (Å²) >= 11 is 0. The van der Waals surface area contributed by atoms with Crippen molar-refractivity contribution in [2.24, 2.45) is 0 Å². The van der Waals surface area contributed by atoms with Gasteiger partial charge in [0.2, 0.25) is 5.91 Å². The van der Waals surface area contributed by atoms with Crippen LogP contribution < -0.4 is 5.32 Å². The average Bonchev–Trinajstić information content (AvgIpc) is 2.69. The summed E-state index contributed by atoms with van der Waals surface area (Å²) in [7, 11) is 0. The summed E-state index contributed by atoms with van der Waals surface area (Å²) in [5, 5.41) is 10.7. The first-order chi connectivity index (χ1) is 13.7. The summed E-state index contributed by atoms with van der Waals surface area (Å²) in [6.45, 7) is 1.66. The van der Waals surface area contributed by atoms with Gasteiger partial charge in [-0.2, -0.15) is 0 Å². The van der Waals surface area contributed by atoms with Crippen LogP contribution in [0.2, 0.25) is 0 Å². The smallest absolute Gasteiger partial charge is 0.252 e. The first kappa shape index (κ1) is 27.1. The Morgan fingerprint density at radius 2 is 0.857 bits per heavy atom. The van der Waals surface area contributed by atoms with Crippen LogP contribution in [0.1, 0.15) is 135 Å². The van der Waals surface area contributed by atoms with Crippen molar-refractivity contribution < 1.29 is 14.7 Å². The highest BCUT2D eigenvalue weighted by molar-refractivity contribution is 5.95. The SMILES string of the molecule is CCCCCCCCCCCCCCCCCCCCCC(=O)NC(=O)CO. The van der Waals surface area contributed by atoms with E-state index >= 15 is 0 Å². The number of imide groups is 1. The Labute approximate surface area is 174 Å². The lowest BCUT2D eigenvalue weighted by atomic mass is 10.0. The van der Waals surface area contributed by atoms with E-state index in [1.165, 1.54) is 109 Å². The van der Waals surface area contributed by atoms with Crippen LogP contribution in [0.3, 0.4) is 0 Å². The van der Waals surface area contributed by atoms with Crippen molar-refractivity contribution in [1.82, 2.24) is 5.32 Å². The van der Waals surface area contributed by atoms with Crippen molar-refractivity contribution in [1.29, 1.82) is 0 Å². The van der Waals surface area contributed by atoms with Gasteiger partial charge in [-0.15, -0.1) is 0 Å². The molecule has 0 aliphatic carbocycles. The molecule has 0 aliphatic heterocycles. The molecule has 2 amide bonds. The van der Waals surface area contributed by atoms with Crippen molar-refractivity contribution >= 4 is 11.8 Å². The number of aliphatic hydroxyl groups is 1. The third kappa shape index (κ3) is 21.4. The van der Waals surface area contributed by atoms with E-state index in [1.54, 1.807) is 0 Å². The van der Waals surface area contributed by atoms with Crippen LogP contribution in [-0.2, 0) is 9.59 Å².